The summed E-state index contributed by atoms with van der Waals surface area (Å²) in [6, 6.07) is 32.1. The van der Waals surface area contributed by atoms with Gasteiger partial charge in [-0.3, -0.25) is 9.59 Å². The standard InChI is InChI=1S/C38H44N2O4/c1-26(2)32-15-11-30(12-16-32)24-39(25-31-13-17-33(18-14-31)27(3)4)40(38(43)36-10-8-7-9-28(36)5)34-19-21-35(22-20-34)44-29(6)23-37(41)42/h7-22,26-27,29H,23-25H2,1-6H3,(H,41,42). The summed E-state index contributed by atoms with van der Waals surface area (Å²) in [5.41, 5.74) is 6.94. The molecule has 1 atom stereocenters. The molecular formula is C38H44N2O4. The largest absolute Gasteiger partial charge is 0.490 e. The number of amides is 1. The number of carboxylic acids is 1. The highest BCUT2D eigenvalue weighted by Gasteiger charge is 2.27. The molecule has 0 saturated heterocycles. The van der Waals surface area contributed by atoms with E-state index in [0.29, 0.717) is 41.9 Å². The molecule has 6 heteroatoms. The van der Waals surface area contributed by atoms with Gasteiger partial charge in [0.05, 0.1) is 12.1 Å². The first-order valence-electron chi connectivity index (χ1n) is 15.3. The number of ether oxygens (including phenoxy) is 1. The maximum atomic E-state index is 14.4. The minimum atomic E-state index is -0.914. The van der Waals surface area contributed by atoms with E-state index in [-0.39, 0.29) is 12.3 Å². The van der Waals surface area contributed by atoms with E-state index in [1.54, 1.807) is 24.1 Å². The molecule has 4 aromatic carbocycles. The molecular weight excluding hydrogens is 548 g/mol. The Labute approximate surface area is 261 Å². The highest BCUT2D eigenvalue weighted by Crippen LogP contribution is 2.28. The molecule has 0 radical (unpaired) electrons. The van der Waals surface area contributed by atoms with Gasteiger partial charge in [0.2, 0.25) is 0 Å². The van der Waals surface area contributed by atoms with E-state index in [1.807, 2.05) is 43.3 Å². The number of hydrazine groups is 1. The van der Waals surface area contributed by atoms with Gasteiger partial charge in [-0.2, -0.15) is 0 Å². The molecule has 0 heterocycles. The van der Waals surface area contributed by atoms with Gasteiger partial charge in [0.25, 0.3) is 5.91 Å². The Morgan fingerprint density at radius 1 is 0.705 bits per heavy atom. The average molecular weight is 593 g/mol. The van der Waals surface area contributed by atoms with Gasteiger partial charge in [0.15, 0.2) is 0 Å². The van der Waals surface area contributed by atoms with Gasteiger partial charge in [-0.1, -0.05) is 94.4 Å². The Morgan fingerprint density at radius 2 is 1.20 bits per heavy atom. The first-order valence-corrected chi connectivity index (χ1v) is 15.3. The first kappa shape index (κ1) is 32.5. The molecule has 0 bridgehead atoms. The summed E-state index contributed by atoms with van der Waals surface area (Å²) in [4.78, 5) is 25.6. The average Bonchev–Trinajstić information content (AvgIpc) is 2.98. The summed E-state index contributed by atoms with van der Waals surface area (Å²) in [6.07, 6.45) is -0.583. The van der Waals surface area contributed by atoms with Crippen LogP contribution in [-0.2, 0) is 17.9 Å². The topological polar surface area (TPSA) is 70.1 Å². The van der Waals surface area contributed by atoms with Crippen LogP contribution in [0.2, 0.25) is 0 Å². The molecule has 0 saturated carbocycles. The molecule has 0 fully saturated rings. The van der Waals surface area contributed by atoms with Crippen molar-refractivity contribution < 1.29 is 19.4 Å². The molecule has 44 heavy (non-hydrogen) atoms. The third-order valence-electron chi connectivity index (χ3n) is 7.75. The van der Waals surface area contributed by atoms with Crippen molar-refractivity contribution in [1.29, 1.82) is 0 Å². The summed E-state index contributed by atoms with van der Waals surface area (Å²) in [5.74, 6) is 0.359. The summed E-state index contributed by atoms with van der Waals surface area (Å²) in [5, 5.41) is 13.0. The highest BCUT2D eigenvalue weighted by molar-refractivity contribution is 6.06. The van der Waals surface area contributed by atoms with Gasteiger partial charge in [-0.25, -0.2) is 10.0 Å². The zero-order valence-corrected chi connectivity index (χ0v) is 26.7. The van der Waals surface area contributed by atoms with Gasteiger partial charge in [0, 0.05) is 18.7 Å². The van der Waals surface area contributed by atoms with Crippen LogP contribution in [0, 0.1) is 6.92 Å². The maximum Gasteiger partial charge on any atom is 0.307 e. The van der Waals surface area contributed by atoms with Crippen LogP contribution in [-0.4, -0.2) is 28.1 Å². The van der Waals surface area contributed by atoms with Crippen molar-refractivity contribution in [3.8, 4) is 5.75 Å². The SMILES string of the molecule is Cc1ccccc1C(=O)N(c1ccc(OC(C)CC(=O)O)cc1)N(Cc1ccc(C(C)C)cc1)Cc1ccc(C(C)C)cc1. The van der Waals surface area contributed by atoms with Gasteiger partial charge in [-0.05, 0) is 83.8 Å². The van der Waals surface area contributed by atoms with Gasteiger partial charge in [0.1, 0.15) is 11.9 Å². The van der Waals surface area contributed by atoms with Crippen LogP contribution in [0.1, 0.15) is 91.1 Å². The Bertz CT molecular complexity index is 1470. The van der Waals surface area contributed by atoms with Crippen molar-refractivity contribution in [2.24, 2.45) is 0 Å². The minimum Gasteiger partial charge on any atom is -0.490 e. The number of hydrogen-bond acceptors (Lipinski definition) is 4. The molecule has 4 aromatic rings. The molecule has 0 aliphatic carbocycles. The van der Waals surface area contributed by atoms with Crippen molar-refractivity contribution >= 4 is 17.6 Å². The zero-order valence-electron chi connectivity index (χ0n) is 26.7. The Kier molecular flexibility index (Phi) is 11.0. The lowest BCUT2D eigenvalue weighted by atomic mass is 10.0. The van der Waals surface area contributed by atoms with Crippen molar-refractivity contribution in [1.82, 2.24) is 5.01 Å². The van der Waals surface area contributed by atoms with Crippen molar-refractivity contribution in [2.45, 2.75) is 79.0 Å². The number of aryl methyl sites for hydroxylation is 1. The minimum absolute atomic E-state index is 0.0986. The number of carbonyl (C=O) groups is 2. The number of rotatable bonds is 13. The highest BCUT2D eigenvalue weighted by atomic mass is 16.5. The summed E-state index contributed by atoms with van der Waals surface area (Å²) in [6.45, 7) is 13.4. The van der Waals surface area contributed by atoms with Crippen LogP contribution in [0.25, 0.3) is 0 Å². The molecule has 1 N–H and O–H groups in total. The Morgan fingerprint density at radius 3 is 1.66 bits per heavy atom. The van der Waals surface area contributed by atoms with Gasteiger partial charge in [-0.15, -0.1) is 0 Å². The van der Waals surface area contributed by atoms with Crippen LogP contribution >= 0.6 is 0 Å². The number of anilines is 1. The van der Waals surface area contributed by atoms with E-state index in [2.05, 4.69) is 81.2 Å². The predicted octanol–water partition coefficient (Wildman–Crippen LogP) is 8.75. The molecule has 230 valence electrons. The molecule has 0 spiro atoms. The normalized spacial score (nSPS) is 12.0. The number of nitrogens with zero attached hydrogens (tertiary/aromatic N) is 2. The van der Waals surface area contributed by atoms with Crippen LogP contribution in [0.4, 0.5) is 5.69 Å². The second-order valence-electron chi connectivity index (χ2n) is 12.1. The molecule has 6 nitrogen and oxygen atoms in total. The molecule has 0 aromatic heterocycles. The third kappa shape index (κ3) is 8.57. The number of benzene rings is 4. The Hall–Kier alpha value is -4.42. The van der Waals surface area contributed by atoms with Crippen LogP contribution in [0.15, 0.2) is 97.1 Å². The van der Waals surface area contributed by atoms with Crippen molar-refractivity contribution in [3.63, 3.8) is 0 Å². The van der Waals surface area contributed by atoms with E-state index < -0.39 is 12.1 Å². The molecule has 1 unspecified atom stereocenters. The quantitative estimate of drug-likeness (QED) is 0.157. The second kappa shape index (κ2) is 14.8. The Balaban J connectivity index is 1.76. The molecule has 0 aliphatic heterocycles. The lowest BCUT2D eigenvalue weighted by Crippen LogP contribution is -2.46. The monoisotopic (exact) mass is 592 g/mol. The lowest BCUT2D eigenvalue weighted by Gasteiger charge is -2.36. The van der Waals surface area contributed by atoms with Crippen molar-refractivity contribution in [2.75, 3.05) is 5.01 Å². The molecule has 0 aliphatic rings. The third-order valence-corrected chi connectivity index (χ3v) is 7.75. The molecule has 1 amide bonds. The van der Waals surface area contributed by atoms with Crippen molar-refractivity contribution in [3.05, 3.63) is 130 Å². The summed E-state index contributed by atoms with van der Waals surface area (Å²) in [7, 11) is 0. The lowest BCUT2D eigenvalue weighted by molar-refractivity contribution is -0.138. The fourth-order valence-electron chi connectivity index (χ4n) is 5.16. The van der Waals surface area contributed by atoms with E-state index >= 15 is 0 Å². The van der Waals surface area contributed by atoms with Crippen LogP contribution in [0.5, 0.6) is 5.75 Å². The number of carboxylic acid groups (broad SMARTS) is 1. The van der Waals surface area contributed by atoms with E-state index in [0.717, 1.165) is 16.7 Å². The van der Waals surface area contributed by atoms with E-state index in [4.69, 9.17) is 9.84 Å². The smallest absolute Gasteiger partial charge is 0.307 e. The molecule has 4 rings (SSSR count). The van der Waals surface area contributed by atoms with Gasteiger partial charge >= 0.3 is 5.97 Å². The second-order valence-corrected chi connectivity index (χ2v) is 12.1. The van der Waals surface area contributed by atoms with Crippen LogP contribution < -0.4 is 9.75 Å². The predicted molar refractivity (Wildman–Crippen MR) is 177 cm³/mol. The van der Waals surface area contributed by atoms with Crippen LogP contribution in [0.3, 0.4) is 0 Å². The summed E-state index contributed by atoms with van der Waals surface area (Å²) >= 11 is 0. The van der Waals surface area contributed by atoms with E-state index in [1.165, 1.54) is 11.1 Å². The fraction of sp³-hybridized carbons (Fsp3) is 0.316. The maximum absolute atomic E-state index is 14.4. The first-order chi connectivity index (χ1) is 21.0. The number of carbonyl (C=O) groups excluding carboxylic acids is 1. The van der Waals surface area contributed by atoms with E-state index in [9.17, 15) is 9.59 Å². The fourth-order valence-corrected chi connectivity index (χ4v) is 5.16. The summed E-state index contributed by atoms with van der Waals surface area (Å²) < 4.78 is 5.84. The zero-order chi connectivity index (χ0) is 31.8. The number of aliphatic carboxylic acids is 1. The van der Waals surface area contributed by atoms with Gasteiger partial charge < -0.3 is 9.84 Å². The number of hydrogen-bond donors (Lipinski definition) is 1.